The summed E-state index contributed by atoms with van der Waals surface area (Å²) in [7, 11) is 0. The lowest BCUT2D eigenvalue weighted by Gasteiger charge is -2.42. The van der Waals surface area contributed by atoms with E-state index in [1.165, 1.54) is 16.7 Å². The van der Waals surface area contributed by atoms with E-state index in [1.807, 2.05) is 0 Å². The minimum Gasteiger partial charge on any atom is -0.295 e. The first-order chi connectivity index (χ1) is 11.5. The molecule has 1 N–H and O–H groups in total. The van der Waals surface area contributed by atoms with Crippen LogP contribution in [0.3, 0.4) is 0 Å². The van der Waals surface area contributed by atoms with Gasteiger partial charge in [0.05, 0.1) is 5.54 Å². The number of hydrogen-bond acceptors (Lipinski definition) is 1. The van der Waals surface area contributed by atoms with Crippen LogP contribution in [-0.4, -0.2) is 5.54 Å². The van der Waals surface area contributed by atoms with Crippen molar-refractivity contribution in [2.45, 2.75) is 24.9 Å². The molecule has 1 heteroatoms. The Bertz CT molecular complexity index is 659. The molecule has 0 spiro atoms. The molecule has 121 valence electrons. The van der Waals surface area contributed by atoms with Crippen LogP contribution in [-0.2, 0) is 5.54 Å². The predicted molar refractivity (Wildman–Crippen MR) is 102 cm³/mol. The minimum atomic E-state index is -0.449. The Kier molecular flexibility index (Phi) is 4.55. The van der Waals surface area contributed by atoms with E-state index >= 15 is 0 Å². The van der Waals surface area contributed by atoms with Gasteiger partial charge < -0.3 is 0 Å². The van der Waals surface area contributed by atoms with Crippen molar-refractivity contribution in [3.63, 3.8) is 0 Å². The van der Waals surface area contributed by atoms with Gasteiger partial charge in [0.1, 0.15) is 0 Å². The van der Waals surface area contributed by atoms with E-state index in [4.69, 9.17) is 0 Å². The molecule has 3 aromatic carbocycles. The molecule has 24 heavy (non-hydrogen) atoms. The fourth-order valence-electron chi connectivity index (χ4n) is 3.29. The van der Waals surface area contributed by atoms with Gasteiger partial charge in [-0.2, -0.15) is 0 Å². The van der Waals surface area contributed by atoms with Gasteiger partial charge in [-0.05, 0) is 37.5 Å². The zero-order chi connectivity index (χ0) is 17.0. The lowest BCUT2D eigenvalue weighted by atomic mass is 9.75. The van der Waals surface area contributed by atoms with Crippen molar-refractivity contribution in [3.05, 3.63) is 115 Å². The van der Waals surface area contributed by atoms with Crippen LogP contribution in [0.25, 0.3) is 0 Å². The molecular weight excluding hydrogens is 290 g/mol. The Hall–Kier alpha value is -2.38. The van der Waals surface area contributed by atoms with Gasteiger partial charge in [0.2, 0.25) is 0 Å². The molecule has 0 unspecified atom stereocenters. The van der Waals surface area contributed by atoms with Crippen LogP contribution < -0.4 is 5.32 Å². The van der Waals surface area contributed by atoms with Crippen molar-refractivity contribution >= 4 is 0 Å². The number of benzene rings is 3. The number of nitrogens with one attached hydrogen (secondary N) is 1. The van der Waals surface area contributed by atoms with Gasteiger partial charge in [0.15, 0.2) is 0 Å². The molecule has 0 fully saturated rings. The summed E-state index contributed by atoms with van der Waals surface area (Å²) < 4.78 is 0. The summed E-state index contributed by atoms with van der Waals surface area (Å²) in [6.07, 6.45) is 0. The van der Waals surface area contributed by atoms with Gasteiger partial charge in [-0.1, -0.05) is 91.0 Å². The fraction of sp³-hybridized carbons (Fsp3) is 0.174. The third-order valence-corrected chi connectivity index (χ3v) is 4.15. The summed E-state index contributed by atoms with van der Waals surface area (Å²) in [6, 6.07) is 31.8. The molecule has 0 aliphatic heterocycles. The molecule has 0 saturated carbocycles. The molecule has 0 amide bonds. The summed E-state index contributed by atoms with van der Waals surface area (Å²) in [5.41, 5.74) is 2.87. The first-order valence-corrected chi connectivity index (χ1v) is 8.34. The summed E-state index contributed by atoms with van der Waals surface area (Å²) in [6.45, 7) is 8.54. The summed E-state index contributed by atoms with van der Waals surface area (Å²) in [4.78, 5) is 0. The van der Waals surface area contributed by atoms with Gasteiger partial charge in [0.25, 0.3) is 0 Å². The van der Waals surface area contributed by atoms with E-state index in [9.17, 15) is 0 Å². The Morgan fingerprint density at radius 1 is 0.583 bits per heavy atom. The lowest BCUT2D eigenvalue weighted by Crippen LogP contribution is -2.53. The van der Waals surface area contributed by atoms with Crippen molar-refractivity contribution in [1.29, 1.82) is 0 Å². The van der Waals surface area contributed by atoms with Gasteiger partial charge in [0, 0.05) is 5.54 Å². The first-order valence-electron chi connectivity index (χ1n) is 8.34. The number of rotatable bonds is 5. The van der Waals surface area contributed by atoms with Gasteiger partial charge >= 0.3 is 0 Å². The van der Waals surface area contributed by atoms with E-state index in [0.717, 1.165) is 0 Å². The molecule has 3 aromatic rings. The summed E-state index contributed by atoms with van der Waals surface area (Å²) in [5, 5.41) is 3.81. The fourth-order valence-corrected chi connectivity index (χ4v) is 3.29. The molecule has 0 aromatic heterocycles. The number of hydrogen-bond donors (Lipinski definition) is 1. The Morgan fingerprint density at radius 2 is 0.875 bits per heavy atom. The summed E-state index contributed by atoms with van der Waals surface area (Å²) in [5.74, 6) is 0. The highest BCUT2D eigenvalue weighted by Crippen LogP contribution is 2.38. The van der Waals surface area contributed by atoms with Gasteiger partial charge in [-0.15, -0.1) is 0 Å². The second-order valence-electron chi connectivity index (χ2n) is 6.86. The quantitative estimate of drug-likeness (QED) is 0.640. The second kappa shape index (κ2) is 6.62. The molecule has 0 aliphatic rings. The molecule has 1 nitrogen and oxygen atoms in total. The lowest BCUT2D eigenvalue weighted by molar-refractivity contribution is 0.355. The zero-order valence-corrected chi connectivity index (χ0v) is 14.4. The minimum absolute atomic E-state index is 0.304. The highest BCUT2D eigenvalue weighted by molar-refractivity contribution is 5.49. The third kappa shape index (κ3) is 3.27. The van der Waals surface area contributed by atoms with E-state index in [0.29, 0.717) is 0 Å². The molecular formula is C23H24N. The van der Waals surface area contributed by atoms with Crippen LogP contribution in [0.5, 0.6) is 0 Å². The standard InChI is InChI=1S/C23H24N/c1-22(2,3)24-23(19-13-7-4-8-14-19,20-15-9-5-10-16-20)21-17-11-6-12-18-21/h4-18,24H,1H2,2-3H3. The van der Waals surface area contributed by atoms with Crippen molar-refractivity contribution in [2.24, 2.45) is 0 Å². The molecule has 0 bridgehead atoms. The van der Waals surface area contributed by atoms with E-state index in [-0.39, 0.29) is 5.54 Å². The van der Waals surface area contributed by atoms with Gasteiger partial charge in [-0.3, -0.25) is 5.32 Å². The normalized spacial score (nSPS) is 12.1. The van der Waals surface area contributed by atoms with Crippen LogP contribution in [0.1, 0.15) is 30.5 Å². The molecule has 0 heterocycles. The van der Waals surface area contributed by atoms with E-state index in [2.05, 4.69) is 117 Å². The van der Waals surface area contributed by atoms with Crippen molar-refractivity contribution in [1.82, 2.24) is 5.32 Å². The molecule has 3 rings (SSSR count). The monoisotopic (exact) mass is 314 g/mol. The van der Waals surface area contributed by atoms with Crippen LogP contribution in [0.2, 0.25) is 0 Å². The van der Waals surface area contributed by atoms with Crippen molar-refractivity contribution in [3.8, 4) is 0 Å². The molecule has 0 atom stereocenters. The second-order valence-corrected chi connectivity index (χ2v) is 6.86. The highest BCUT2D eigenvalue weighted by Gasteiger charge is 2.38. The Labute approximate surface area is 145 Å². The van der Waals surface area contributed by atoms with E-state index < -0.39 is 5.54 Å². The molecule has 0 aliphatic carbocycles. The van der Waals surface area contributed by atoms with E-state index in [1.54, 1.807) is 0 Å². The van der Waals surface area contributed by atoms with Crippen molar-refractivity contribution < 1.29 is 0 Å². The maximum atomic E-state index is 4.32. The topological polar surface area (TPSA) is 12.0 Å². The third-order valence-electron chi connectivity index (χ3n) is 4.15. The van der Waals surface area contributed by atoms with Crippen LogP contribution in [0, 0.1) is 6.92 Å². The average molecular weight is 314 g/mol. The Balaban J connectivity index is 2.33. The molecule has 0 saturated heterocycles. The maximum absolute atomic E-state index is 4.32. The highest BCUT2D eigenvalue weighted by atomic mass is 15.0. The van der Waals surface area contributed by atoms with Crippen LogP contribution >= 0.6 is 0 Å². The van der Waals surface area contributed by atoms with Gasteiger partial charge in [-0.25, -0.2) is 0 Å². The average Bonchev–Trinajstić information content (AvgIpc) is 2.61. The van der Waals surface area contributed by atoms with Crippen molar-refractivity contribution in [2.75, 3.05) is 0 Å². The largest absolute Gasteiger partial charge is 0.295 e. The summed E-state index contributed by atoms with van der Waals surface area (Å²) >= 11 is 0. The zero-order valence-electron chi connectivity index (χ0n) is 14.4. The SMILES string of the molecule is [CH2]C(C)(C)NC(c1ccccc1)(c1ccccc1)c1ccccc1. The maximum Gasteiger partial charge on any atom is 0.0952 e. The predicted octanol–water partition coefficient (Wildman–Crippen LogP) is 5.18. The Morgan fingerprint density at radius 3 is 1.12 bits per heavy atom. The first kappa shape index (κ1) is 16.5. The van der Waals surface area contributed by atoms with Crippen LogP contribution in [0.15, 0.2) is 91.0 Å². The molecule has 1 radical (unpaired) electrons. The van der Waals surface area contributed by atoms with Crippen LogP contribution in [0.4, 0.5) is 0 Å². The smallest absolute Gasteiger partial charge is 0.0952 e.